The predicted octanol–water partition coefficient (Wildman–Crippen LogP) is 2.94. The molecule has 0 spiro atoms. The standard InChI is InChI=1S/C16H28N2O2/c1-2-3-4-5-8-14-20-15-10-9-13-18(16(15)19)12-7-6-11-17/h9-10,13H,2-8,11-12,14,17H2,1H3. The molecule has 0 unspecified atom stereocenters. The minimum absolute atomic E-state index is 0.0296. The van der Waals surface area contributed by atoms with Gasteiger partial charge in [-0.2, -0.15) is 0 Å². The summed E-state index contributed by atoms with van der Waals surface area (Å²) < 4.78 is 7.32. The third-order valence-electron chi connectivity index (χ3n) is 3.34. The van der Waals surface area contributed by atoms with Gasteiger partial charge in [0, 0.05) is 12.7 Å². The van der Waals surface area contributed by atoms with Gasteiger partial charge >= 0.3 is 0 Å². The molecule has 1 rings (SSSR count). The zero-order valence-electron chi connectivity index (χ0n) is 12.6. The van der Waals surface area contributed by atoms with Crippen LogP contribution in [0.5, 0.6) is 5.75 Å². The lowest BCUT2D eigenvalue weighted by Gasteiger charge is -2.09. The molecule has 0 amide bonds. The van der Waals surface area contributed by atoms with Crippen LogP contribution in [0.4, 0.5) is 0 Å². The maximum Gasteiger partial charge on any atom is 0.292 e. The van der Waals surface area contributed by atoms with Crippen molar-refractivity contribution in [2.24, 2.45) is 5.73 Å². The second-order valence-corrected chi connectivity index (χ2v) is 5.13. The number of pyridine rings is 1. The van der Waals surface area contributed by atoms with Crippen LogP contribution in [0.3, 0.4) is 0 Å². The Bertz CT molecular complexity index is 415. The van der Waals surface area contributed by atoms with Gasteiger partial charge in [-0.25, -0.2) is 0 Å². The van der Waals surface area contributed by atoms with E-state index in [0.29, 0.717) is 25.4 Å². The van der Waals surface area contributed by atoms with Crippen LogP contribution in [0.15, 0.2) is 23.1 Å². The second kappa shape index (κ2) is 10.5. The van der Waals surface area contributed by atoms with E-state index in [9.17, 15) is 4.79 Å². The van der Waals surface area contributed by atoms with E-state index in [4.69, 9.17) is 10.5 Å². The Balaban J connectivity index is 2.38. The van der Waals surface area contributed by atoms with Crippen molar-refractivity contribution in [2.75, 3.05) is 13.2 Å². The monoisotopic (exact) mass is 280 g/mol. The molecule has 2 N–H and O–H groups in total. The molecule has 0 bridgehead atoms. The summed E-state index contributed by atoms with van der Waals surface area (Å²) in [5.74, 6) is 0.468. The van der Waals surface area contributed by atoms with Crippen LogP contribution in [-0.2, 0) is 6.54 Å². The Hall–Kier alpha value is -1.29. The van der Waals surface area contributed by atoms with E-state index in [1.54, 1.807) is 10.6 Å². The summed E-state index contributed by atoms with van der Waals surface area (Å²) in [6, 6.07) is 3.63. The maximum atomic E-state index is 12.1. The summed E-state index contributed by atoms with van der Waals surface area (Å²) in [5.41, 5.74) is 5.43. The van der Waals surface area contributed by atoms with E-state index in [-0.39, 0.29) is 5.56 Å². The summed E-state index contributed by atoms with van der Waals surface area (Å²) >= 11 is 0. The zero-order valence-corrected chi connectivity index (χ0v) is 12.6. The number of unbranched alkanes of at least 4 members (excludes halogenated alkanes) is 5. The molecule has 0 aromatic carbocycles. The van der Waals surface area contributed by atoms with Gasteiger partial charge in [0.25, 0.3) is 5.56 Å². The Morgan fingerprint density at radius 1 is 1.15 bits per heavy atom. The average Bonchev–Trinajstić information content (AvgIpc) is 2.46. The summed E-state index contributed by atoms with van der Waals surface area (Å²) in [7, 11) is 0. The first-order chi connectivity index (χ1) is 9.79. The van der Waals surface area contributed by atoms with Gasteiger partial charge in [0.2, 0.25) is 0 Å². The Labute approximate surface area is 121 Å². The molecule has 0 fully saturated rings. The van der Waals surface area contributed by atoms with Gasteiger partial charge in [0.05, 0.1) is 6.61 Å². The highest BCUT2D eigenvalue weighted by atomic mass is 16.5. The molecule has 114 valence electrons. The van der Waals surface area contributed by atoms with Crippen molar-refractivity contribution in [1.82, 2.24) is 4.57 Å². The van der Waals surface area contributed by atoms with E-state index in [2.05, 4.69) is 6.92 Å². The normalized spacial score (nSPS) is 10.7. The van der Waals surface area contributed by atoms with E-state index < -0.39 is 0 Å². The van der Waals surface area contributed by atoms with E-state index in [1.165, 1.54) is 25.7 Å². The first-order valence-corrected chi connectivity index (χ1v) is 7.82. The highest BCUT2D eigenvalue weighted by molar-refractivity contribution is 5.17. The minimum atomic E-state index is -0.0296. The Morgan fingerprint density at radius 3 is 2.70 bits per heavy atom. The molecule has 20 heavy (non-hydrogen) atoms. The van der Waals surface area contributed by atoms with Gasteiger partial charge in [-0.15, -0.1) is 0 Å². The van der Waals surface area contributed by atoms with Gasteiger partial charge in [0.15, 0.2) is 5.75 Å². The van der Waals surface area contributed by atoms with Crippen molar-refractivity contribution in [3.05, 3.63) is 28.7 Å². The van der Waals surface area contributed by atoms with E-state index >= 15 is 0 Å². The average molecular weight is 280 g/mol. The number of nitrogens with two attached hydrogens (primary N) is 1. The molecule has 1 aromatic rings. The van der Waals surface area contributed by atoms with Crippen LogP contribution in [0.25, 0.3) is 0 Å². The largest absolute Gasteiger partial charge is 0.488 e. The van der Waals surface area contributed by atoms with Crippen LogP contribution >= 0.6 is 0 Å². The smallest absolute Gasteiger partial charge is 0.292 e. The summed E-state index contributed by atoms with van der Waals surface area (Å²) in [4.78, 5) is 12.1. The molecule has 0 saturated heterocycles. The number of aromatic nitrogens is 1. The number of aryl methyl sites for hydroxylation is 1. The molecular formula is C16H28N2O2. The predicted molar refractivity (Wildman–Crippen MR) is 83.2 cm³/mol. The van der Waals surface area contributed by atoms with Gasteiger partial charge < -0.3 is 15.0 Å². The summed E-state index contributed by atoms with van der Waals surface area (Å²) in [6.45, 7) is 4.21. The third-order valence-corrected chi connectivity index (χ3v) is 3.34. The fourth-order valence-electron chi connectivity index (χ4n) is 2.12. The lowest BCUT2D eigenvalue weighted by atomic mass is 10.2. The molecular weight excluding hydrogens is 252 g/mol. The molecule has 0 atom stereocenters. The molecule has 0 aliphatic heterocycles. The molecule has 0 aliphatic rings. The molecule has 0 radical (unpaired) electrons. The van der Waals surface area contributed by atoms with Gasteiger partial charge in [-0.3, -0.25) is 4.79 Å². The van der Waals surface area contributed by atoms with Crippen molar-refractivity contribution in [3.8, 4) is 5.75 Å². The van der Waals surface area contributed by atoms with Crippen LogP contribution in [0.2, 0.25) is 0 Å². The summed E-state index contributed by atoms with van der Waals surface area (Å²) in [5, 5.41) is 0. The van der Waals surface area contributed by atoms with Crippen LogP contribution in [0.1, 0.15) is 51.9 Å². The number of rotatable bonds is 11. The van der Waals surface area contributed by atoms with Crippen molar-refractivity contribution in [1.29, 1.82) is 0 Å². The fraction of sp³-hybridized carbons (Fsp3) is 0.688. The van der Waals surface area contributed by atoms with Crippen molar-refractivity contribution in [3.63, 3.8) is 0 Å². The van der Waals surface area contributed by atoms with E-state index in [1.807, 2.05) is 12.3 Å². The number of hydrogen-bond acceptors (Lipinski definition) is 3. The molecule has 1 aromatic heterocycles. The highest BCUT2D eigenvalue weighted by Gasteiger charge is 2.03. The van der Waals surface area contributed by atoms with Gasteiger partial charge in [-0.1, -0.05) is 32.6 Å². The van der Waals surface area contributed by atoms with Crippen LogP contribution in [0, 0.1) is 0 Å². The number of hydrogen-bond donors (Lipinski definition) is 1. The summed E-state index contributed by atoms with van der Waals surface area (Å²) in [6.07, 6.45) is 9.63. The van der Waals surface area contributed by atoms with Crippen molar-refractivity contribution < 1.29 is 4.74 Å². The lowest BCUT2D eigenvalue weighted by Crippen LogP contribution is -2.22. The SMILES string of the molecule is CCCCCCCOc1cccn(CCCCN)c1=O. The van der Waals surface area contributed by atoms with Gasteiger partial charge in [0.1, 0.15) is 0 Å². The van der Waals surface area contributed by atoms with E-state index in [0.717, 1.165) is 19.3 Å². The quantitative estimate of drug-likeness (QED) is 0.634. The molecule has 4 nitrogen and oxygen atoms in total. The molecule has 0 saturated carbocycles. The maximum absolute atomic E-state index is 12.1. The molecule has 4 heteroatoms. The van der Waals surface area contributed by atoms with Gasteiger partial charge in [-0.05, 0) is 37.9 Å². The first kappa shape index (κ1) is 16.8. The lowest BCUT2D eigenvalue weighted by molar-refractivity contribution is 0.297. The number of ether oxygens (including phenoxy) is 1. The Kier molecular flexibility index (Phi) is 8.79. The first-order valence-electron chi connectivity index (χ1n) is 7.82. The third kappa shape index (κ3) is 6.24. The Morgan fingerprint density at radius 2 is 1.95 bits per heavy atom. The molecule has 1 heterocycles. The van der Waals surface area contributed by atoms with Crippen LogP contribution < -0.4 is 16.0 Å². The highest BCUT2D eigenvalue weighted by Crippen LogP contribution is 2.06. The number of nitrogens with zero attached hydrogens (tertiary/aromatic N) is 1. The second-order valence-electron chi connectivity index (χ2n) is 5.13. The van der Waals surface area contributed by atoms with Crippen molar-refractivity contribution in [2.45, 2.75) is 58.4 Å². The topological polar surface area (TPSA) is 57.2 Å². The van der Waals surface area contributed by atoms with Crippen LogP contribution in [-0.4, -0.2) is 17.7 Å². The van der Waals surface area contributed by atoms with Crippen molar-refractivity contribution >= 4 is 0 Å². The zero-order chi connectivity index (χ0) is 14.6. The minimum Gasteiger partial charge on any atom is -0.488 e. The fourth-order valence-corrected chi connectivity index (χ4v) is 2.12. The molecule has 0 aliphatic carbocycles.